The molecule has 142 valence electrons. The molecule has 0 radical (unpaired) electrons. The van der Waals surface area contributed by atoms with E-state index >= 15 is 0 Å². The average Bonchev–Trinajstić information content (AvgIpc) is 3.29. The van der Waals surface area contributed by atoms with Crippen LogP contribution < -0.4 is 5.32 Å². The molecular formula is C18H19N3O3S3. The van der Waals surface area contributed by atoms with Crippen LogP contribution in [0.25, 0.3) is 10.6 Å². The van der Waals surface area contributed by atoms with Crippen LogP contribution in [0.2, 0.25) is 0 Å². The first kappa shape index (κ1) is 19.7. The average molecular weight is 422 g/mol. The first-order chi connectivity index (χ1) is 12.8. The van der Waals surface area contributed by atoms with Crippen molar-refractivity contribution in [2.24, 2.45) is 0 Å². The molecule has 2 heterocycles. The van der Waals surface area contributed by atoms with E-state index in [2.05, 4.69) is 10.3 Å². The molecule has 0 aliphatic heterocycles. The van der Waals surface area contributed by atoms with Crippen molar-refractivity contribution in [1.82, 2.24) is 14.6 Å². The van der Waals surface area contributed by atoms with Crippen molar-refractivity contribution in [2.45, 2.75) is 18.4 Å². The lowest BCUT2D eigenvalue weighted by Crippen LogP contribution is -2.27. The highest BCUT2D eigenvalue weighted by molar-refractivity contribution is 7.89. The maximum atomic E-state index is 12.6. The number of thiazole rings is 1. The summed E-state index contributed by atoms with van der Waals surface area (Å²) < 4.78 is 26.1. The van der Waals surface area contributed by atoms with Gasteiger partial charge in [-0.15, -0.1) is 11.3 Å². The Kier molecular flexibility index (Phi) is 5.75. The zero-order chi connectivity index (χ0) is 19.6. The molecule has 0 saturated heterocycles. The summed E-state index contributed by atoms with van der Waals surface area (Å²) in [5.74, 6) is -0.261. The van der Waals surface area contributed by atoms with Crippen LogP contribution in [0.4, 0.5) is 0 Å². The summed E-state index contributed by atoms with van der Waals surface area (Å²) in [5.41, 5.74) is 2.20. The van der Waals surface area contributed by atoms with Crippen molar-refractivity contribution < 1.29 is 13.2 Å². The number of nitrogens with zero attached hydrogens (tertiary/aromatic N) is 2. The predicted octanol–water partition coefficient (Wildman–Crippen LogP) is 3.36. The molecule has 3 rings (SSSR count). The second kappa shape index (κ2) is 7.89. The van der Waals surface area contributed by atoms with E-state index in [0.717, 1.165) is 14.9 Å². The second-order valence-corrected chi connectivity index (χ2v) is 9.92. The van der Waals surface area contributed by atoms with E-state index in [-0.39, 0.29) is 17.3 Å². The third-order valence-corrected chi connectivity index (χ3v) is 7.75. The van der Waals surface area contributed by atoms with Crippen molar-refractivity contribution in [3.05, 3.63) is 57.2 Å². The van der Waals surface area contributed by atoms with Crippen molar-refractivity contribution in [3.8, 4) is 10.6 Å². The SMILES string of the molecule is Cc1nc(-c2ccsc2)sc1C(=O)NCc1ccccc1S(=O)(=O)N(C)C. The Balaban J connectivity index is 1.80. The molecule has 0 unspecified atom stereocenters. The van der Waals surface area contributed by atoms with Gasteiger partial charge in [0.2, 0.25) is 10.0 Å². The molecule has 2 aromatic heterocycles. The van der Waals surface area contributed by atoms with Gasteiger partial charge < -0.3 is 5.32 Å². The molecule has 0 spiro atoms. The van der Waals surface area contributed by atoms with Crippen LogP contribution in [-0.2, 0) is 16.6 Å². The first-order valence-corrected chi connectivity index (χ1v) is 11.3. The fourth-order valence-corrected chi connectivity index (χ4v) is 5.28. The van der Waals surface area contributed by atoms with Gasteiger partial charge in [-0.2, -0.15) is 11.3 Å². The van der Waals surface area contributed by atoms with Crippen LogP contribution in [0.3, 0.4) is 0 Å². The standard InChI is InChI=1S/C18H19N3O3S3/c1-12-16(26-18(20-12)14-8-9-25-11-14)17(22)19-10-13-6-4-5-7-15(13)27(23,24)21(2)3/h4-9,11H,10H2,1-3H3,(H,19,22). The van der Waals surface area contributed by atoms with E-state index in [1.165, 1.54) is 25.4 Å². The monoisotopic (exact) mass is 421 g/mol. The van der Waals surface area contributed by atoms with E-state index < -0.39 is 10.0 Å². The van der Waals surface area contributed by atoms with Crippen LogP contribution >= 0.6 is 22.7 Å². The zero-order valence-electron chi connectivity index (χ0n) is 15.1. The Bertz CT molecular complexity index is 1050. The lowest BCUT2D eigenvalue weighted by molar-refractivity contribution is 0.0954. The van der Waals surface area contributed by atoms with E-state index in [9.17, 15) is 13.2 Å². The maximum Gasteiger partial charge on any atom is 0.263 e. The minimum absolute atomic E-state index is 0.118. The van der Waals surface area contributed by atoms with Gasteiger partial charge in [0.15, 0.2) is 0 Å². The zero-order valence-corrected chi connectivity index (χ0v) is 17.5. The van der Waals surface area contributed by atoms with Gasteiger partial charge in [-0.1, -0.05) is 18.2 Å². The molecule has 0 aliphatic carbocycles. The fraction of sp³-hybridized carbons (Fsp3) is 0.222. The highest BCUT2D eigenvalue weighted by Gasteiger charge is 2.22. The Morgan fingerprint density at radius 1 is 1.22 bits per heavy atom. The van der Waals surface area contributed by atoms with Crippen molar-refractivity contribution in [3.63, 3.8) is 0 Å². The van der Waals surface area contributed by atoms with Crippen molar-refractivity contribution in [1.29, 1.82) is 0 Å². The number of amides is 1. The molecule has 0 atom stereocenters. The van der Waals surface area contributed by atoms with Crippen molar-refractivity contribution in [2.75, 3.05) is 14.1 Å². The molecule has 3 aromatic rings. The molecule has 0 fully saturated rings. The quantitative estimate of drug-likeness (QED) is 0.662. The summed E-state index contributed by atoms with van der Waals surface area (Å²) in [6, 6.07) is 8.63. The molecule has 6 nitrogen and oxygen atoms in total. The van der Waals surface area contributed by atoms with Gasteiger partial charge in [-0.25, -0.2) is 17.7 Å². The number of nitrogens with one attached hydrogen (secondary N) is 1. The second-order valence-electron chi connectivity index (χ2n) is 6.02. The van der Waals surface area contributed by atoms with E-state index in [4.69, 9.17) is 0 Å². The van der Waals surface area contributed by atoms with Crippen LogP contribution in [-0.4, -0.2) is 37.7 Å². The first-order valence-electron chi connectivity index (χ1n) is 8.09. The number of sulfonamides is 1. The molecule has 0 bridgehead atoms. The highest BCUT2D eigenvalue weighted by Crippen LogP contribution is 2.29. The predicted molar refractivity (Wildman–Crippen MR) is 109 cm³/mol. The number of carbonyl (C=O) groups is 1. The maximum absolute atomic E-state index is 12.6. The van der Waals surface area contributed by atoms with Gasteiger partial charge in [-0.3, -0.25) is 4.79 Å². The van der Waals surface area contributed by atoms with E-state index in [0.29, 0.717) is 16.1 Å². The Hall–Kier alpha value is -2.07. The number of benzene rings is 1. The molecule has 1 N–H and O–H groups in total. The lowest BCUT2D eigenvalue weighted by Gasteiger charge is -2.15. The number of thiophene rings is 1. The molecule has 1 aromatic carbocycles. The summed E-state index contributed by atoms with van der Waals surface area (Å²) in [6.45, 7) is 1.92. The Labute approximate surface area is 166 Å². The Morgan fingerprint density at radius 2 is 1.96 bits per heavy atom. The number of aryl methyl sites for hydroxylation is 1. The van der Waals surface area contributed by atoms with Crippen LogP contribution in [0, 0.1) is 6.92 Å². The van der Waals surface area contributed by atoms with Crippen molar-refractivity contribution >= 4 is 38.6 Å². The Morgan fingerprint density at radius 3 is 2.63 bits per heavy atom. The smallest absolute Gasteiger partial charge is 0.263 e. The summed E-state index contributed by atoms with van der Waals surface area (Å²) >= 11 is 2.91. The van der Waals surface area contributed by atoms with Crippen LogP contribution in [0.1, 0.15) is 20.9 Å². The normalized spacial score (nSPS) is 11.7. The third-order valence-electron chi connectivity index (χ3n) is 3.94. The molecular weight excluding hydrogens is 402 g/mol. The number of rotatable bonds is 6. The summed E-state index contributed by atoms with van der Waals surface area (Å²) in [6.07, 6.45) is 0. The van der Waals surface area contributed by atoms with Gasteiger partial charge >= 0.3 is 0 Å². The molecule has 1 amide bonds. The number of carbonyl (C=O) groups excluding carboxylic acids is 1. The topological polar surface area (TPSA) is 79.4 Å². The number of aromatic nitrogens is 1. The van der Waals surface area contributed by atoms with Gasteiger partial charge in [0.25, 0.3) is 5.91 Å². The highest BCUT2D eigenvalue weighted by atomic mass is 32.2. The molecule has 9 heteroatoms. The molecule has 27 heavy (non-hydrogen) atoms. The fourth-order valence-electron chi connectivity index (χ4n) is 2.47. The minimum atomic E-state index is -3.58. The molecule has 0 saturated carbocycles. The number of hydrogen-bond donors (Lipinski definition) is 1. The lowest BCUT2D eigenvalue weighted by atomic mass is 10.2. The van der Waals surface area contributed by atoms with Gasteiger partial charge in [0, 0.05) is 31.6 Å². The largest absolute Gasteiger partial charge is 0.347 e. The third kappa shape index (κ3) is 4.11. The summed E-state index contributed by atoms with van der Waals surface area (Å²) in [7, 11) is -0.613. The van der Waals surface area contributed by atoms with Crippen LogP contribution in [0.5, 0.6) is 0 Å². The van der Waals surface area contributed by atoms with Gasteiger partial charge in [0.1, 0.15) is 9.88 Å². The van der Waals surface area contributed by atoms with E-state index in [1.807, 2.05) is 16.8 Å². The van der Waals surface area contributed by atoms with Crippen LogP contribution in [0.15, 0.2) is 46.0 Å². The summed E-state index contributed by atoms with van der Waals surface area (Å²) in [5, 5.41) is 7.57. The van der Waals surface area contributed by atoms with Gasteiger partial charge in [0.05, 0.1) is 10.6 Å². The minimum Gasteiger partial charge on any atom is -0.347 e. The van der Waals surface area contributed by atoms with E-state index in [1.54, 1.807) is 42.5 Å². The summed E-state index contributed by atoms with van der Waals surface area (Å²) in [4.78, 5) is 17.8. The molecule has 0 aliphatic rings. The number of hydrogen-bond acceptors (Lipinski definition) is 6. The van der Waals surface area contributed by atoms with Gasteiger partial charge in [-0.05, 0) is 30.0 Å².